The first-order valence-electron chi connectivity index (χ1n) is 19.4. The Kier molecular flexibility index (Phi) is 10.4. The first kappa shape index (κ1) is 43.0. The van der Waals surface area contributed by atoms with Gasteiger partial charge in [-0.25, -0.2) is 35.4 Å². The molecule has 3 aromatic heterocycles. The normalized spacial score (nSPS) is 16.9. The van der Waals surface area contributed by atoms with E-state index in [9.17, 15) is 40.3 Å². The second-order valence-corrected chi connectivity index (χ2v) is 17.8. The smallest absolute Gasteiger partial charge is 0.293 e. The Hall–Kier alpha value is -6.32. The third-order valence-corrected chi connectivity index (χ3v) is 12.3. The lowest BCUT2D eigenvalue weighted by molar-refractivity contribution is -0.123. The van der Waals surface area contributed by atoms with E-state index < -0.39 is 100 Å². The molecule has 2 aliphatic rings. The summed E-state index contributed by atoms with van der Waals surface area (Å²) in [6.45, 7) is -1.73. The second-order valence-electron chi connectivity index (χ2n) is 15.7. The van der Waals surface area contributed by atoms with Crippen molar-refractivity contribution in [2.24, 2.45) is 13.0 Å². The number of hydrogen-bond acceptors (Lipinski definition) is 8. The van der Waals surface area contributed by atoms with Gasteiger partial charge in [0.15, 0.2) is 5.82 Å². The average Bonchev–Trinajstić information content (AvgIpc) is 3.75. The number of sulfonamides is 1. The van der Waals surface area contributed by atoms with Gasteiger partial charge in [0, 0.05) is 36.6 Å². The van der Waals surface area contributed by atoms with Gasteiger partial charge in [0.25, 0.3) is 17.9 Å². The Bertz CT molecular complexity index is 3270. The number of fused-ring (bicyclic) bond motifs is 5. The van der Waals surface area contributed by atoms with Crippen LogP contribution in [0.15, 0.2) is 71.5 Å². The number of halogens is 8. The van der Waals surface area contributed by atoms with E-state index in [2.05, 4.69) is 20.2 Å². The van der Waals surface area contributed by atoms with Gasteiger partial charge < -0.3 is 10.4 Å². The summed E-state index contributed by atoms with van der Waals surface area (Å²) in [5.74, 6) is -10.1. The first-order chi connectivity index (χ1) is 30.2. The summed E-state index contributed by atoms with van der Waals surface area (Å²) in [7, 11) is -2.53. The summed E-state index contributed by atoms with van der Waals surface area (Å²) in [6.07, 6.45) is -2.92. The van der Waals surface area contributed by atoms with Crippen LogP contribution in [-0.2, 0) is 47.4 Å². The van der Waals surface area contributed by atoms with Crippen LogP contribution in [0.25, 0.3) is 38.6 Å². The fourth-order valence-corrected chi connectivity index (χ4v) is 9.47. The predicted molar refractivity (Wildman–Crippen MR) is 219 cm³/mol. The minimum atomic E-state index is -3.95. The molecule has 2 unspecified atom stereocenters. The van der Waals surface area contributed by atoms with E-state index in [0.29, 0.717) is 10.7 Å². The summed E-state index contributed by atoms with van der Waals surface area (Å²) >= 11 is 6.62. The minimum Gasteiger partial charge on any atom is -0.392 e. The SMILES string of the molecule is Cn1nc(NS(C)(=O)=O)c2c(Cl)ccc(-n3c([C@H](Cc4cc(F)cc(F)c4)NC(=O)Cn4nc(C(F)F)c5c4C(F)(F)C4CC54)nc4cc(-c5cccc(F)c5CO)ccc4c3=O)c21. The molecule has 0 radical (unpaired) electrons. The molecule has 0 saturated heterocycles. The number of carbonyl (C=O) groups is 1. The molecule has 332 valence electrons. The molecule has 0 spiro atoms. The van der Waals surface area contributed by atoms with Gasteiger partial charge in [0.1, 0.15) is 41.2 Å². The molecule has 0 bridgehead atoms. The van der Waals surface area contributed by atoms with Gasteiger partial charge in [-0.1, -0.05) is 29.8 Å². The molecule has 1 amide bonds. The highest BCUT2D eigenvalue weighted by atomic mass is 35.5. The van der Waals surface area contributed by atoms with Gasteiger partial charge in [-0.3, -0.25) is 28.2 Å². The number of aryl methyl sites for hydroxylation is 1. The van der Waals surface area contributed by atoms with Crippen molar-refractivity contribution >= 4 is 55.2 Å². The fourth-order valence-electron chi connectivity index (χ4n) is 8.74. The van der Waals surface area contributed by atoms with E-state index in [-0.39, 0.29) is 78.4 Å². The third-order valence-electron chi connectivity index (χ3n) is 11.4. The van der Waals surface area contributed by atoms with Crippen LogP contribution in [0.1, 0.15) is 58.7 Å². The van der Waals surface area contributed by atoms with Gasteiger partial charge >= 0.3 is 0 Å². The number of aliphatic hydroxyl groups is 1. The van der Waals surface area contributed by atoms with Crippen LogP contribution in [-0.4, -0.2) is 54.8 Å². The topological polar surface area (TPSA) is 166 Å². The van der Waals surface area contributed by atoms with Gasteiger partial charge in [-0.15, -0.1) is 0 Å². The Morgan fingerprint density at radius 2 is 1.77 bits per heavy atom. The molecule has 22 heteroatoms. The zero-order chi connectivity index (χ0) is 45.7. The fraction of sp³-hybridized carbons (Fsp3) is 0.262. The maximum atomic E-state index is 15.5. The van der Waals surface area contributed by atoms with E-state index in [0.717, 1.165) is 29.0 Å². The number of rotatable bonds is 12. The van der Waals surface area contributed by atoms with E-state index in [1.54, 1.807) is 0 Å². The summed E-state index contributed by atoms with van der Waals surface area (Å²) in [6, 6.07) is 11.9. The van der Waals surface area contributed by atoms with E-state index >= 15 is 13.6 Å². The number of aromatic nitrogens is 6. The molecule has 3 N–H and O–H groups in total. The predicted octanol–water partition coefficient (Wildman–Crippen LogP) is 7.32. The maximum absolute atomic E-state index is 15.5. The van der Waals surface area contributed by atoms with Crippen molar-refractivity contribution in [1.29, 1.82) is 0 Å². The van der Waals surface area contributed by atoms with Crippen LogP contribution < -0.4 is 15.6 Å². The molecule has 2 aliphatic carbocycles. The standard InChI is InChI=1S/C42H32ClF7N8O5S/c1-56-36-31(9-8-27(43)34(36)39(54-56)55-64(2,62)63)58-40(52-29-13-19(6-7-23(29)41(58)61)22-4-3-5-28(46)25(22)17-59)30(12-18-10-20(44)14-21(45)11-18)51-32(60)16-57-37-33(35(53-57)38(47)48)24-15-26(24)42(37,49)50/h3-11,13-14,24,26,30,38,59H,12,15-17H2,1-2H3,(H,51,60)(H,54,55)/t24?,26?,30-/m0/s1. The number of benzene rings is 4. The van der Waals surface area contributed by atoms with E-state index in [1.165, 1.54) is 54.2 Å². The average molecular weight is 929 g/mol. The van der Waals surface area contributed by atoms with Crippen LogP contribution in [0.5, 0.6) is 0 Å². The highest BCUT2D eigenvalue weighted by Crippen LogP contribution is 2.68. The molecule has 64 heavy (non-hydrogen) atoms. The maximum Gasteiger partial charge on any atom is 0.293 e. The molecular weight excluding hydrogens is 897 g/mol. The van der Waals surface area contributed by atoms with Gasteiger partial charge in [0.05, 0.1) is 51.4 Å². The second kappa shape index (κ2) is 15.4. The molecular formula is C42H32ClF7N8O5S. The van der Waals surface area contributed by atoms with E-state index in [1.807, 2.05) is 0 Å². The van der Waals surface area contributed by atoms with E-state index in [4.69, 9.17) is 16.6 Å². The largest absolute Gasteiger partial charge is 0.392 e. The number of aliphatic hydroxyl groups excluding tert-OH is 1. The Balaban J connectivity index is 1.27. The summed E-state index contributed by atoms with van der Waals surface area (Å²) < 4.78 is 134. The molecule has 1 fully saturated rings. The van der Waals surface area contributed by atoms with Crippen molar-refractivity contribution < 1.29 is 49.1 Å². The third kappa shape index (κ3) is 7.33. The molecule has 3 heterocycles. The summed E-state index contributed by atoms with van der Waals surface area (Å²) in [5, 5.41) is 20.6. The monoisotopic (exact) mass is 928 g/mol. The Morgan fingerprint density at radius 1 is 1.03 bits per heavy atom. The highest BCUT2D eigenvalue weighted by molar-refractivity contribution is 7.92. The van der Waals surface area contributed by atoms with Crippen molar-refractivity contribution in [3.63, 3.8) is 0 Å². The number of amides is 1. The molecule has 1 saturated carbocycles. The van der Waals surface area contributed by atoms with Gasteiger partial charge in [0.2, 0.25) is 15.9 Å². The van der Waals surface area contributed by atoms with Crippen molar-refractivity contribution in [3.05, 3.63) is 133 Å². The molecule has 4 aromatic carbocycles. The number of nitrogens with one attached hydrogen (secondary N) is 2. The quantitative estimate of drug-likeness (QED) is 0.107. The Morgan fingerprint density at radius 3 is 2.45 bits per heavy atom. The molecule has 0 aliphatic heterocycles. The lowest BCUT2D eigenvalue weighted by Crippen LogP contribution is -2.38. The minimum absolute atomic E-state index is 0.00906. The number of nitrogens with zero attached hydrogens (tertiary/aromatic N) is 6. The van der Waals surface area contributed by atoms with Crippen LogP contribution in [0.4, 0.5) is 36.6 Å². The van der Waals surface area contributed by atoms with Crippen molar-refractivity contribution in [3.8, 4) is 16.8 Å². The zero-order valence-corrected chi connectivity index (χ0v) is 34.8. The van der Waals surface area contributed by atoms with Crippen molar-refractivity contribution in [1.82, 2.24) is 34.4 Å². The van der Waals surface area contributed by atoms with Crippen LogP contribution in [0.3, 0.4) is 0 Å². The van der Waals surface area contributed by atoms with Crippen molar-refractivity contribution in [2.75, 3.05) is 11.0 Å². The number of carbonyl (C=O) groups excluding carboxylic acids is 1. The van der Waals surface area contributed by atoms with Crippen LogP contribution in [0, 0.1) is 23.4 Å². The number of alkyl halides is 4. The van der Waals surface area contributed by atoms with Crippen molar-refractivity contribution in [2.45, 2.75) is 50.3 Å². The lowest BCUT2D eigenvalue weighted by atomic mass is 9.98. The highest BCUT2D eigenvalue weighted by Gasteiger charge is 2.67. The molecule has 7 aromatic rings. The first-order valence-corrected chi connectivity index (χ1v) is 21.6. The number of anilines is 1. The van der Waals surface area contributed by atoms with Crippen LogP contribution >= 0.6 is 11.6 Å². The molecule has 13 nitrogen and oxygen atoms in total. The van der Waals surface area contributed by atoms with Gasteiger partial charge in [-0.2, -0.15) is 19.0 Å². The molecule has 3 atom stereocenters. The summed E-state index contributed by atoms with van der Waals surface area (Å²) in [5.41, 5.74) is -2.53. The van der Waals surface area contributed by atoms with Gasteiger partial charge in [-0.05, 0) is 71.5 Å². The van der Waals surface area contributed by atoms with Crippen LogP contribution in [0.2, 0.25) is 5.02 Å². The lowest BCUT2D eigenvalue weighted by Gasteiger charge is -2.24. The molecule has 9 rings (SSSR count). The zero-order valence-electron chi connectivity index (χ0n) is 33.2. The summed E-state index contributed by atoms with van der Waals surface area (Å²) in [4.78, 5) is 34.0. The Labute approximate surface area is 362 Å². The number of hydrogen-bond donors (Lipinski definition) is 3.